The number of carbonyl (C=O) groups is 2. The van der Waals surface area contributed by atoms with E-state index in [-0.39, 0.29) is 12.5 Å². The third kappa shape index (κ3) is 6.08. The van der Waals surface area contributed by atoms with Gasteiger partial charge in [0.1, 0.15) is 0 Å². The Labute approximate surface area is 180 Å². The fourth-order valence-corrected chi connectivity index (χ4v) is 3.69. The molecule has 0 spiro atoms. The van der Waals surface area contributed by atoms with Gasteiger partial charge in [-0.05, 0) is 30.4 Å². The number of carbonyl (C=O) groups excluding carboxylic acids is 2. The van der Waals surface area contributed by atoms with E-state index in [2.05, 4.69) is 13.8 Å². The van der Waals surface area contributed by atoms with Gasteiger partial charge >= 0.3 is 11.9 Å². The van der Waals surface area contributed by atoms with Crippen molar-refractivity contribution in [3.63, 3.8) is 0 Å². The molecule has 0 N–H and O–H groups in total. The second-order valence-corrected chi connectivity index (χ2v) is 8.29. The molecule has 7 nitrogen and oxygen atoms in total. The molecule has 0 aromatic rings. The van der Waals surface area contributed by atoms with Crippen LogP contribution < -0.4 is 0 Å². The molecular weight excluding hydrogens is 388 g/mol. The summed E-state index contributed by atoms with van der Waals surface area (Å²) in [5.74, 6) is -1.87. The smallest absolute Gasteiger partial charge is 0.330 e. The number of ether oxygens (including phenoxy) is 5. The van der Waals surface area contributed by atoms with Crippen LogP contribution in [-0.4, -0.2) is 51.3 Å². The molecule has 0 bridgehead atoms. The predicted octanol–water partition coefficient (Wildman–Crippen LogP) is 4.16. The number of hydrogen-bond donors (Lipinski definition) is 0. The van der Waals surface area contributed by atoms with Gasteiger partial charge in [0.2, 0.25) is 5.79 Å². The minimum absolute atomic E-state index is 0.187. The van der Waals surface area contributed by atoms with E-state index in [0.29, 0.717) is 17.9 Å². The van der Waals surface area contributed by atoms with E-state index in [1.807, 2.05) is 19.9 Å². The monoisotopic (exact) mass is 426 g/mol. The third-order valence-corrected chi connectivity index (χ3v) is 5.71. The van der Waals surface area contributed by atoms with Gasteiger partial charge in [-0.3, -0.25) is 4.79 Å². The highest BCUT2D eigenvalue weighted by molar-refractivity contribution is 5.83. The molecule has 0 amide bonds. The van der Waals surface area contributed by atoms with E-state index >= 15 is 0 Å². The normalized spacial score (nSPS) is 27.1. The van der Waals surface area contributed by atoms with E-state index in [0.717, 1.165) is 12.8 Å². The van der Waals surface area contributed by atoms with Crippen molar-refractivity contribution in [2.45, 2.75) is 78.3 Å². The number of rotatable bonds is 10. The second kappa shape index (κ2) is 11.5. The molecule has 0 saturated carbocycles. The minimum Gasteiger partial charge on any atom is -0.505 e. The molecular formula is C23H38O7. The quantitative estimate of drug-likeness (QED) is 0.295. The van der Waals surface area contributed by atoms with Crippen molar-refractivity contribution in [2.24, 2.45) is 11.3 Å². The third-order valence-electron chi connectivity index (χ3n) is 5.71. The predicted molar refractivity (Wildman–Crippen MR) is 114 cm³/mol. The highest BCUT2D eigenvalue weighted by Crippen LogP contribution is 2.48. The summed E-state index contributed by atoms with van der Waals surface area (Å²) >= 11 is 0. The molecule has 4 atom stereocenters. The van der Waals surface area contributed by atoms with E-state index in [1.165, 1.54) is 20.3 Å². The van der Waals surface area contributed by atoms with Crippen molar-refractivity contribution < 1.29 is 33.3 Å². The Balaban J connectivity index is 3.62. The topological polar surface area (TPSA) is 80.3 Å². The van der Waals surface area contributed by atoms with Crippen LogP contribution in [-0.2, 0) is 33.3 Å². The molecule has 1 rings (SSSR count). The average Bonchev–Trinajstić information content (AvgIpc) is 2.72. The average molecular weight is 427 g/mol. The van der Waals surface area contributed by atoms with Crippen molar-refractivity contribution in [3.8, 4) is 0 Å². The van der Waals surface area contributed by atoms with Crippen molar-refractivity contribution >= 4 is 11.9 Å². The fourth-order valence-electron chi connectivity index (χ4n) is 3.69. The summed E-state index contributed by atoms with van der Waals surface area (Å²) in [6.45, 7) is 9.83. The zero-order valence-corrected chi connectivity index (χ0v) is 19.7. The van der Waals surface area contributed by atoms with Gasteiger partial charge in [0.05, 0.1) is 26.6 Å². The van der Waals surface area contributed by atoms with Crippen LogP contribution in [0.2, 0.25) is 0 Å². The first-order valence-electron chi connectivity index (χ1n) is 10.5. The van der Waals surface area contributed by atoms with E-state index in [4.69, 9.17) is 23.7 Å². The maximum absolute atomic E-state index is 12.3. The molecule has 1 fully saturated rings. The Kier molecular flexibility index (Phi) is 10.0. The molecule has 1 heterocycles. The standard InChI is InChI=1S/C23H38O7/c1-9-16(3)13-18-14-17(15-20(25)27-7)21(29-19(24)10-2)23(28-8,30-18)22(4,5)11-12-26-6/h11-12,15-16,18,21H,9-10,13-14H2,1-8H3/b12-11+,17-15+/t16?,18-,21+,23-/m1/s1. The molecule has 0 aliphatic carbocycles. The van der Waals surface area contributed by atoms with Crippen LogP contribution >= 0.6 is 0 Å². The van der Waals surface area contributed by atoms with Gasteiger partial charge in [-0.25, -0.2) is 4.79 Å². The van der Waals surface area contributed by atoms with Crippen LogP contribution in [0.15, 0.2) is 24.0 Å². The van der Waals surface area contributed by atoms with Crippen molar-refractivity contribution in [1.82, 2.24) is 0 Å². The Morgan fingerprint density at radius 2 is 1.93 bits per heavy atom. The number of methoxy groups -OCH3 is 3. The second-order valence-electron chi connectivity index (χ2n) is 8.29. The SMILES string of the molecule is CCC(=O)O[C@H]1/C(=C/C(=O)OC)C[C@@H](CC(C)CC)O[C@@]1(OC)C(C)(C)/C=C/OC. The first kappa shape index (κ1) is 26.2. The van der Waals surface area contributed by atoms with Gasteiger partial charge in [-0.15, -0.1) is 0 Å². The summed E-state index contributed by atoms with van der Waals surface area (Å²) in [5, 5.41) is 0. The maximum Gasteiger partial charge on any atom is 0.330 e. The molecule has 0 radical (unpaired) electrons. The molecule has 30 heavy (non-hydrogen) atoms. The lowest BCUT2D eigenvalue weighted by Crippen LogP contribution is -2.63. The molecule has 1 aliphatic rings. The van der Waals surface area contributed by atoms with Crippen LogP contribution in [0.5, 0.6) is 0 Å². The lowest BCUT2D eigenvalue weighted by Gasteiger charge is -2.53. The molecule has 0 aromatic heterocycles. The van der Waals surface area contributed by atoms with Crippen molar-refractivity contribution in [3.05, 3.63) is 24.0 Å². The van der Waals surface area contributed by atoms with Crippen molar-refractivity contribution in [1.29, 1.82) is 0 Å². The zero-order valence-electron chi connectivity index (χ0n) is 19.7. The van der Waals surface area contributed by atoms with Crippen LogP contribution in [0.25, 0.3) is 0 Å². The Morgan fingerprint density at radius 1 is 1.27 bits per heavy atom. The summed E-state index contributed by atoms with van der Waals surface area (Å²) in [5.41, 5.74) is -0.149. The first-order valence-corrected chi connectivity index (χ1v) is 10.5. The lowest BCUT2D eigenvalue weighted by molar-refractivity contribution is -0.337. The number of esters is 2. The first-order chi connectivity index (χ1) is 14.1. The summed E-state index contributed by atoms with van der Waals surface area (Å²) in [6.07, 6.45) is 6.01. The van der Waals surface area contributed by atoms with E-state index in [1.54, 1.807) is 20.3 Å². The van der Waals surface area contributed by atoms with Crippen LogP contribution in [0, 0.1) is 11.3 Å². The largest absolute Gasteiger partial charge is 0.505 e. The van der Waals surface area contributed by atoms with Gasteiger partial charge in [-0.2, -0.15) is 0 Å². The Hall–Kier alpha value is -1.86. The molecule has 7 heteroatoms. The fraction of sp³-hybridized carbons (Fsp3) is 0.739. The minimum atomic E-state index is -1.36. The molecule has 172 valence electrons. The van der Waals surface area contributed by atoms with Gasteiger partial charge in [-0.1, -0.05) is 41.0 Å². The summed E-state index contributed by atoms with van der Waals surface area (Å²) in [4.78, 5) is 24.4. The summed E-state index contributed by atoms with van der Waals surface area (Å²) in [7, 11) is 4.39. The maximum atomic E-state index is 12.3. The van der Waals surface area contributed by atoms with Gasteiger partial charge in [0.25, 0.3) is 0 Å². The molecule has 1 aliphatic heterocycles. The Morgan fingerprint density at radius 3 is 2.43 bits per heavy atom. The summed E-state index contributed by atoms with van der Waals surface area (Å²) in [6, 6.07) is 0. The highest BCUT2D eigenvalue weighted by atomic mass is 16.7. The van der Waals surface area contributed by atoms with Crippen LogP contribution in [0.3, 0.4) is 0 Å². The van der Waals surface area contributed by atoms with Gasteiger partial charge in [0, 0.05) is 25.0 Å². The number of hydrogen-bond acceptors (Lipinski definition) is 7. The van der Waals surface area contributed by atoms with Crippen LogP contribution in [0.4, 0.5) is 0 Å². The summed E-state index contributed by atoms with van der Waals surface area (Å²) < 4.78 is 28.3. The molecule has 1 unspecified atom stereocenters. The van der Waals surface area contributed by atoms with E-state index in [9.17, 15) is 9.59 Å². The zero-order chi connectivity index (χ0) is 22.9. The van der Waals surface area contributed by atoms with Gasteiger partial charge < -0.3 is 23.7 Å². The van der Waals surface area contributed by atoms with Gasteiger partial charge in [0.15, 0.2) is 6.10 Å². The molecule has 1 saturated heterocycles. The Bertz CT molecular complexity index is 637. The lowest BCUT2D eigenvalue weighted by atomic mass is 9.74. The molecule has 0 aromatic carbocycles. The van der Waals surface area contributed by atoms with Crippen molar-refractivity contribution in [2.75, 3.05) is 21.3 Å². The van der Waals surface area contributed by atoms with Crippen LogP contribution in [0.1, 0.15) is 60.3 Å². The van der Waals surface area contributed by atoms with E-state index < -0.39 is 29.2 Å². The highest BCUT2D eigenvalue weighted by Gasteiger charge is 2.59.